The zero-order valence-electron chi connectivity index (χ0n) is 20.2. The maximum atomic E-state index is 12.4. The van der Waals surface area contributed by atoms with Gasteiger partial charge < -0.3 is 14.2 Å². The van der Waals surface area contributed by atoms with Crippen LogP contribution in [0.4, 0.5) is 0 Å². The average Bonchev–Trinajstić information content (AvgIpc) is 2.89. The average molecular weight is 508 g/mol. The molecule has 188 valence electrons. The molecule has 9 heteroatoms. The van der Waals surface area contributed by atoms with Gasteiger partial charge in [-0.1, -0.05) is 50.2 Å². The SMILES string of the molecule is CC(C)c1ccccc1OCC(=O)NNC(=S)NC(=O)c1ccc(OCCOc2ccccc2)cc1. The molecule has 0 aliphatic rings. The number of carbonyl (C=O) groups is 2. The predicted octanol–water partition coefficient (Wildman–Crippen LogP) is 3.98. The fourth-order valence-corrected chi connectivity index (χ4v) is 3.28. The van der Waals surface area contributed by atoms with Gasteiger partial charge in [0.25, 0.3) is 11.8 Å². The van der Waals surface area contributed by atoms with Gasteiger partial charge in [-0.3, -0.25) is 25.8 Å². The van der Waals surface area contributed by atoms with E-state index in [0.717, 1.165) is 11.3 Å². The number of ether oxygens (including phenoxy) is 3. The predicted molar refractivity (Wildman–Crippen MR) is 141 cm³/mol. The Balaban J connectivity index is 1.35. The minimum Gasteiger partial charge on any atom is -0.490 e. The van der Waals surface area contributed by atoms with E-state index in [1.165, 1.54) is 0 Å². The number of carbonyl (C=O) groups excluding carboxylic acids is 2. The van der Waals surface area contributed by atoms with E-state index < -0.39 is 11.8 Å². The molecule has 0 saturated carbocycles. The van der Waals surface area contributed by atoms with Crippen LogP contribution in [0.25, 0.3) is 0 Å². The van der Waals surface area contributed by atoms with Crippen LogP contribution >= 0.6 is 12.2 Å². The quantitative estimate of drug-likeness (QED) is 0.217. The molecule has 3 rings (SSSR count). The maximum Gasteiger partial charge on any atom is 0.276 e. The zero-order valence-corrected chi connectivity index (χ0v) is 21.0. The summed E-state index contributed by atoms with van der Waals surface area (Å²) in [4.78, 5) is 24.5. The van der Waals surface area contributed by atoms with Crippen molar-refractivity contribution in [1.82, 2.24) is 16.2 Å². The third-order valence-corrected chi connectivity index (χ3v) is 5.13. The number of amides is 2. The zero-order chi connectivity index (χ0) is 25.8. The Kier molecular flexibility index (Phi) is 10.1. The van der Waals surface area contributed by atoms with Gasteiger partial charge in [0, 0.05) is 5.56 Å². The van der Waals surface area contributed by atoms with Crippen LogP contribution in [0.3, 0.4) is 0 Å². The summed E-state index contributed by atoms with van der Waals surface area (Å²) in [6.45, 7) is 4.65. The molecule has 0 aromatic heterocycles. The van der Waals surface area contributed by atoms with E-state index in [4.69, 9.17) is 26.4 Å². The van der Waals surface area contributed by atoms with Gasteiger partial charge in [-0.15, -0.1) is 0 Å². The Morgan fingerprint density at radius 1 is 0.778 bits per heavy atom. The molecule has 3 aromatic rings. The standard InChI is InChI=1S/C27H29N3O5S/c1-19(2)23-10-6-7-11-24(23)35-18-25(31)29-30-27(36)28-26(32)20-12-14-22(15-13-20)34-17-16-33-21-8-4-3-5-9-21/h3-15,19H,16-18H2,1-2H3,(H,29,31)(H2,28,30,32,36). The molecule has 0 fully saturated rings. The van der Waals surface area contributed by atoms with Gasteiger partial charge >= 0.3 is 0 Å². The number of para-hydroxylation sites is 2. The summed E-state index contributed by atoms with van der Waals surface area (Å²) in [6, 6.07) is 23.6. The first-order chi connectivity index (χ1) is 17.4. The summed E-state index contributed by atoms with van der Waals surface area (Å²) in [5, 5.41) is 2.46. The molecular formula is C27H29N3O5S. The van der Waals surface area contributed by atoms with Crippen LogP contribution in [0.15, 0.2) is 78.9 Å². The lowest BCUT2D eigenvalue weighted by Crippen LogP contribution is -2.49. The Morgan fingerprint density at radius 2 is 1.39 bits per heavy atom. The van der Waals surface area contributed by atoms with Crippen molar-refractivity contribution in [3.8, 4) is 17.2 Å². The van der Waals surface area contributed by atoms with Gasteiger partial charge in [0.2, 0.25) is 0 Å². The number of hydrazine groups is 1. The van der Waals surface area contributed by atoms with Gasteiger partial charge in [-0.25, -0.2) is 0 Å². The Labute approximate surface area is 215 Å². The van der Waals surface area contributed by atoms with Gasteiger partial charge in [0.05, 0.1) is 0 Å². The van der Waals surface area contributed by atoms with Crippen molar-refractivity contribution in [3.63, 3.8) is 0 Å². The molecule has 3 N–H and O–H groups in total. The third-order valence-electron chi connectivity index (χ3n) is 4.92. The van der Waals surface area contributed by atoms with Crippen LogP contribution in [0.1, 0.15) is 35.7 Å². The molecule has 3 aromatic carbocycles. The number of benzene rings is 3. The van der Waals surface area contributed by atoms with Crippen molar-refractivity contribution in [2.45, 2.75) is 19.8 Å². The Morgan fingerprint density at radius 3 is 2.06 bits per heavy atom. The van der Waals surface area contributed by atoms with Crippen LogP contribution in [0.5, 0.6) is 17.2 Å². The summed E-state index contributed by atoms with van der Waals surface area (Å²) in [7, 11) is 0. The highest BCUT2D eigenvalue weighted by molar-refractivity contribution is 7.80. The third kappa shape index (κ3) is 8.59. The monoisotopic (exact) mass is 507 g/mol. The van der Waals surface area contributed by atoms with E-state index in [1.807, 2.05) is 68.4 Å². The van der Waals surface area contributed by atoms with E-state index >= 15 is 0 Å². The van der Waals surface area contributed by atoms with Gasteiger partial charge in [0.15, 0.2) is 11.7 Å². The van der Waals surface area contributed by atoms with E-state index in [2.05, 4.69) is 16.2 Å². The molecule has 0 heterocycles. The normalized spacial score (nSPS) is 10.3. The largest absolute Gasteiger partial charge is 0.490 e. The van der Waals surface area contributed by atoms with E-state index in [0.29, 0.717) is 30.3 Å². The first-order valence-electron chi connectivity index (χ1n) is 11.4. The molecule has 0 atom stereocenters. The molecule has 2 amide bonds. The lowest BCUT2D eigenvalue weighted by Gasteiger charge is -2.14. The Hall–Kier alpha value is -4.11. The molecule has 0 aliphatic carbocycles. The summed E-state index contributed by atoms with van der Waals surface area (Å²) in [5.74, 6) is 1.42. The molecule has 0 unspecified atom stereocenters. The molecule has 0 saturated heterocycles. The number of rotatable bonds is 10. The summed E-state index contributed by atoms with van der Waals surface area (Å²) >= 11 is 5.08. The number of thiocarbonyl (C=S) groups is 1. The number of hydrogen-bond acceptors (Lipinski definition) is 6. The lowest BCUT2D eigenvalue weighted by molar-refractivity contribution is -0.123. The molecule has 0 bridgehead atoms. The van der Waals surface area contributed by atoms with Crippen molar-refractivity contribution in [2.75, 3.05) is 19.8 Å². The van der Waals surface area contributed by atoms with Crippen LogP contribution in [-0.2, 0) is 4.79 Å². The second kappa shape index (κ2) is 13.7. The first-order valence-corrected chi connectivity index (χ1v) is 11.9. The molecule has 0 aliphatic heterocycles. The van der Waals surface area contributed by atoms with Gasteiger partial charge in [-0.2, -0.15) is 0 Å². The van der Waals surface area contributed by atoms with Crippen LogP contribution < -0.4 is 30.4 Å². The van der Waals surface area contributed by atoms with Crippen molar-refractivity contribution in [2.24, 2.45) is 0 Å². The highest BCUT2D eigenvalue weighted by Gasteiger charge is 2.11. The summed E-state index contributed by atoms with van der Waals surface area (Å²) < 4.78 is 16.8. The topological polar surface area (TPSA) is 97.9 Å². The highest BCUT2D eigenvalue weighted by Crippen LogP contribution is 2.25. The number of nitrogens with one attached hydrogen (secondary N) is 3. The van der Waals surface area contributed by atoms with Crippen LogP contribution in [-0.4, -0.2) is 36.7 Å². The molecule has 0 radical (unpaired) electrons. The second-order valence-corrected chi connectivity index (χ2v) is 8.38. The van der Waals surface area contributed by atoms with E-state index in [9.17, 15) is 9.59 Å². The van der Waals surface area contributed by atoms with Crippen molar-refractivity contribution < 1.29 is 23.8 Å². The lowest BCUT2D eigenvalue weighted by atomic mass is 10.0. The molecule has 8 nitrogen and oxygen atoms in total. The van der Waals surface area contributed by atoms with Gasteiger partial charge in [0.1, 0.15) is 30.5 Å². The summed E-state index contributed by atoms with van der Waals surface area (Å²) in [6.07, 6.45) is 0. The van der Waals surface area contributed by atoms with Crippen molar-refractivity contribution >= 4 is 29.1 Å². The van der Waals surface area contributed by atoms with Crippen molar-refractivity contribution in [3.05, 3.63) is 90.0 Å². The van der Waals surface area contributed by atoms with Gasteiger partial charge in [-0.05, 0) is 66.2 Å². The van der Waals surface area contributed by atoms with Crippen LogP contribution in [0, 0.1) is 0 Å². The Bertz CT molecular complexity index is 1150. The highest BCUT2D eigenvalue weighted by atomic mass is 32.1. The maximum absolute atomic E-state index is 12.4. The molecule has 0 spiro atoms. The number of hydrogen-bond donors (Lipinski definition) is 3. The summed E-state index contributed by atoms with van der Waals surface area (Å²) in [5.41, 5.74) is 6.30. The smallest absolute Gasteiger partial charge is 0.276 e. The second-order valence-electron chi connectivity index (χ2n) is 7.97. The van der Waals surface area contributed by atoms with Crippen LogP contribution in [0.2, 0.25) is 0 Å². The van der Waals surface area contributed by atoms with E-state index in [1.54, 1.807) is 24.3 Å². The fourth-order valence-electron chi connectivity index (χ4n) is 3.14. The molecule has 36 heavy (non-hydrogen) atoms. The molecular weight excluding hydrogens is 478 g/mol. The minimum atomic E-state index is -0.442. The van der Waals surface area contributed by atoms with E-state index in [-0.39, 0.29) is 17.6 Å². The minimum absolute atomic E-state index is 0.0469. The fraction of sp³-hybridized carbons (Fsp3) is 0.222. The van der Waals surface area contributed by atoms with Crippen molar-refractivity contribution in [1.29, 1.82) is 0 Å². The first kappa shape index (κ1) is 26.5.